The van der Waals surface area contributed by atoms with Crippen molar-refractivity contribution in [3.05, 3.63) is 35.9 Å². The van der Waals surface area contributed by atoms with E-state index < -0.39 is 36.4 Å². The van der Waals surface area contributed by atoms with Crippen LogP contribution >= 0.6 is 11.8 Å². The van der Waals surface area contributed by atoms with Crippen molar-refractivity contribution >= 4 is 22.8 Å². The van der Waals surface area contributed by atoms with Gasteiger partial charge in [0.05, 0.1) is 6.61 Å². The highest BCUT2D eigenvalue weighted by Crippen LogP contribution is 2.35. The number of nitrogens with zero attached hydrogens (tertiary/aromatic N) is 1. The third kappa shape index (κ3) is 2.88. The molecule has 2 heterocycles. The standard InChI is InChI=1S/C14H16N2O5S/c17-6-8-10(18)11(19)9-13(21-8)22-14(15-9)16-12(20)7-4-2-1-3-5-7/h1-5,8-11,13,17-19H,6H2,(H,15,16,20). The van der Waals surface area contributed by atoms with Crippen LogP contribution in [-0.2, 0) is 4.74 Å². The molecule has 0 spiro atoms. The number of rotatable bonds is 2. The molecule has 1 aromatic carbocycles. The second-order valence-electron chi connectivity index (χ2n) is 5.07. The first-order valence-electron chi connectivity index (χ1n) is 6.83. The lowest BCUT2D eigenvalue weighted by Gasteiger charge is -2.37. The fourth-order valence-electron chi connectivity index (χ4n) is 2.40. The summed E-state index contributed by atoms with van der Waals surface area (Å²) in [6.07, 6.45) is -3.21. The second-order valence-corrected chi connectivity index (χ2v) is 6.16. The van der Waals surface area contributed by atoms with Gasteiger partial charge in [0.25, 0.3) is 5.91 Å². The molecule has 8 heteroatoms. The molecular formula is C14H16N2O5S. The molecule has 2 aliphatic heterocycles. The minimum absolute atomic E-state index is 0.306. The Kier molecular flexibility index (Phi) is 4.46. The van der Waals surface area contributed by atoms with Crippen LogP contribution in [-0.4, -0.2) is 62.8 Å². The molecule has 1 saturated heterocycles. The Morgan fingerprint density at radius 1 is 1.27 bits per heavy atom. The van der Waals surface area contributed by atoms with E-state index in [1.54, 1.807) is 24.3 Å². The topological polar surface area (TPSA) is 111 Å². The Morgan fingerprint density at radius 3 is 2.68 bits per heavy atom. The van der Waals surface area contributed by atoms with Crippen molar-refractivity contribution < 1.29 is 24.9 Å². The summed E-state index contributed by atoms with van der Waals surface area (Å²) in [6, 6.07) is 8.02. The summed E-state index contributed by atoms with van der Waals surface area (Å²) in [5.74, 6) is -0.306. The third-order valence-electron chi connectivity index (χ3n) is 3.60. The van der Waals surface area contributed by atoms with E-state index in [9.17, 15) is 15.0 Å². The van der Waals surface area contributed by atoms with Gasteiger partial charge in [-0.1, -0.05) is 30.0 Å². The largest absolute Gasteiger partial charge is 0.394 e. The Balaban J connectivity index is 1.69. The summed E-state index contributed by atoms with van der Waals surface area (Å²) in [6.45, 7) is -0.395. The number of hydrogen-bond acceptors (Lipinski definition) is 7. The number of aliphatic hydroxyl groups is 3. The molecule has 1 amide bonds. The van der Waals surface area contributed by atoms with E-state index in [4.69, 9.17) is 9.84 Å². The zero-order valence-corrected chi connectivity index (χ0v) is 12.3. The summed E-state index contributed by atoms with van der Waals surface area (Å²) in [5, 5.41) is 32.0. The molecule has 0 aromatic heterocycles. The van der Waals surface area contributed by atoms with Crippen LogP contribution in [0.2, 0.25) is 0 Å². The lowest BCUT2D eigenvalue weighted by atomic mass is 9.99. The Labute approximate surface area is 131 Å². The van der Waals surface area contributed by atoms with Gasteiger partial charge in [0, 0.05) is 5.56 Å². The number of hydrogen-bond donors (Lipinski definition) is 4. The highest BCUT2D eigenvalue weighted by Gasteiger charge is 2.48. The fourth-order valence-corrected chi connectivity index (χ4v) is 3.51. The predicted molar refractivity (Wildman–Crippen MR) is 80.5 cm³/mol. The van der Waals surface area contributed by atoms with Gasteiger partial charge in [-0.05, 0) is 12.1 Å². The monoisotopic (exact) mass is 324 g/mol. The van der Waals surface area contributed by atoms with Gasteiger partial charge < -0.3 is 25.4 Å². The van der Waals surface area contributed by atoms with Crippen LogP contribution in [0.1, 0.15) is 10.4 Å². The van der Waals surface area contributed by atoms with Crippen molar-refractivity contribution in [2.45, 2.75) is 29.8 Å². The SMILES string of the molecule is O=C(NC1=NC2C(OC(CO)C(O)C2O)S1)c1ccccc1. The van der Waals surface area contributed by atoms with E-state index in [1.807, 2.05) is 6.07 Å². The van der Waals surface area contributed by atoms with Crippen molar-refractivity contribution in [3.8, 4) is 0 Å². The van der Waals surface area contributed by atoms with E-state index in [2.05, 4.69) is 10.3 Å². The number of ether oxygens (including phenoxy) is 1. The van der Waals surface area contributed by atoms with E-state index in [0.29, 0.717) is 10.7 Å². The molecule has 4 N–H and O–H groups in total. The maximum Gasteiger partial charge on any atom is 0.257 e. The molecule has 1 fully saturated rings. The van der Waals surface area contributed by atoms with Crippen LogP contribution < -0.4 is 5.32 Å². The van der Waals surface area contributed by atoms with Gasteiger partial charge in [0.2, 0.25) is 0 Å². The molecule has 0 radical (unpaired) electrons. The molecular weight excluding hydrogens is 308 g/mol. The fraction of sp³-hybridized carbons (Fsp3) is 0.429. The first-order valence-corrected chi connectivity index (χ1v) is 7.71. The van der Waals surface area contributed by atoms with Gasteiger partial charge >= 0.3 is 0 Å². The summed E-state index contributed by atoms with van der Waals surface area (Å²) in [4.78, 5) is 16.3. The van der Waals surface area contributed by atoms with Gasteiger partial charge in [0.15, 0.2) is 5.17 Å². The minimum atomic E-state index is -1.21. The smallest absolute Gasteiger partial charge is 0.257 e. The lowest BCUT2D eigenvalue weighted by Crippen LogP contribution is -2.55. The van der Waals surface area contributed by atoms with Gasteiger partial charge in [-0.2, -0.15) is 0 Å². The molecule has 2 aliphatic rings. The normalized spacial score (nSPS) is 34.0. The lowest BCUT2D eigenvalue weighted by molar-refractivity contribution is -0.164. The van der Waals surface area contributed by atoms with Crippen LogP contribution in [0, 0.1) is 0 Å². The number of carbonyl (C=O) groups is 1. The maximum absolute atomic E-state index is 12.1. The molecule has 0 bridgehead atoms. The van der Waals surface area contributed by atoms with Crippen molar-refractivity contribution in [1.29, 1.82) is 0 Å². The molecule has 0 saturated carbocycles. The molecule has 5 atom stereocenters. The minimum Gasteiger partial charge on any atom is -0.394 e. The Bertz CT molecular complexity index is 582. The average Bonchev–Trinajstić information content (AvgIpc) is 2.94. The molecule has 3 rings (SSSR count). The van der Waals surface area contributed by atoms with Crippen LogP contribution in [0.25, 0.3) is 0 Å². The summed E-state index contributed by atoms with van der Waals surface area (Å²) in [7, 11) is 0. The number of carbonyl (C=O) groups excluding carboxylic acids is 1. The van der Waals surface area contributed by atoms with Crippen LogP contribution in [0.4, 0.5) is 0 Å². The van der Waals surface area contributed by atoms with Crippen molar-refractivity contribution in [1.82, 2.24) is 5.32 Å². The van der Waals surface area contributed by atoms with Crippen molar-refractivity contribution in [2.75, 3.05) is 6.61 Å². The molecule has 1 aromatic rings. The van der Waals surface area contributed by atoms with Gasteiger partial charge in [0.1, 0.15) is 29.8 Å². The number of amides is 1. The molecule has 7 nitrogen and oxygen atoms in total. The predicted octanol–water partition coefficient (Wildman–Crippen LogP) is -0.673. The number of aliphatic hydroxyl groups excluding tert-OH is 3. The highest BCUT2D eigenvalue weighted by atomic mass is 32.2. The van der Waals surface area contributed by atoms with E-state index in [-0.39, 0.29) is 5.91 Å². The van der Waals surface area contributed by atoms with Gasteiger partial charge in [-0.3, -0.25) is 9.79 Å². The summed E-state index contributed by atoms with van der Waals surface area (Å²) < 4.78 is 5.50. The highest BCUT2D eigenvalue weighted by molar-refractivity contribution is 8.14. The molecule has 22 heavy (non-hydrogen) atoms. The Morgan fingerprint density at radius 2 is 2.00 bits per heavy atom. The van der Waals surface area contributed by atoms with Crippen LogP contribution in [0.5, 0.6) is 0 Å². The van der Waals surface area contributed by atoms with Crippen molar-refractivity contribution in [2.24, 2.45) is 4.99 Å². The van der Waals surface area contributed by atoms with Gasteiger partial charge in [-0.15, -0.1) is 0 Å². The zero-order valence-electron chi connectivity index (χ0n) is 11.5. The van der Waals surface area contributed by atoms with E-state index >= 15 is 0 Å². The number of aliphatic imine (C=N–C) groups is 1. The number of nitrogens with one attached hydrogen (secondary N) is 1. The van der Waals surface area contributed by atoms with Crippen LogP contribution in [0.3, 0.4) is 0 Å². The average molecular weight is 324 g/mol. The molecule has 0 aliphatic carbocycles. The van der Waals surface area contributed by atoms with E-state index in [1.165, 1.54) is 0 Å². The number of fused-ring (bicyclic) bond motifs is 1. The van der Waals surface area contributed by atoms with Gasteiger partial charge in [-0.25, -0.2) is 0 Å². The summed E-state index contributed by atoms with van der Waals surface area (Å²) in [5.41, 5.74) is -0.0444. The Hall–Kier alpha value is -1.45. The van der Waals surface area contributed by atoms with E-state index in [0.717, 1.165) is 11.8 Å². The molecule has 118 valence electrons. The molecule has 5 unspecified atom stereocenters. The van der Waals surface area contributed by atoms with Crippen molar-refractivity contribution in [3.63, 3.8) is 0 Å². The summed E-state index contributed by atoms with van der Waals surface area (Å²) >= 11 is 1.16. The first kappa shape index (κ1) is 15.4. The zero-order chi connectivity index (χ0) is 15.7. The number of thioether (sulfide) groups is 1. The van der Waals surface area contributed by atoms with Crippen LogP contribution in [0.15, 0.2) is 35.3 Å². The third-order valence-corrected chi connectivity index (χ3v) is 4.65. The quantitative estimate of drug-likeness (QED) is 0.574. The second kappa shape index (κ2) is 6.35. The number of amidine groups is 1. The first-order chi connectivity index (χ1) is 10.6. The number of benzene rings is 1. The maximum atomic E-state index is 12.1.